The Morgan fingerprint density at radius 2 is 1.70 bits per heavy atom. The molecule has 0 aromatic carbocycles. The van der Waals surface area contributed by atoms with Crippen molar-refractivity contribution in [1.29, 1.82) is 0 Å². The molecule has 2 atom stereocenters. The Balaban J connectivity index is 2.78. The maximum atomic E-state index is 12.7. The number of alkyl halides is 3. The van der Waals surface area contributed by atoms with Crippen molar-refractivity contribution in [2.75, 3.05) is 0 Å². The van der Waals surface area contributed by atoms with Gasteiger partial charge >= 0.3 is 18.1 Å². The van der Waals surface area contributed by atoms with Crippen LogP contribution in [0.5, 0.6) is 0 Å². The van der Waals surface area contributed by atoms with Gasteiger partial charge in [0.05, 0.1) is 0 Å². The lowest BCUT2D eigenvalue weighted by atomic mass is 9.85. The van der Waals surface area contributed by atoms with Gasteiger partial charge in [-0.1, -0.05) is 19.3 Å². The minimum atomic E-state index is -5.26. The Morgan fingerprint density at radius 1 is 1.20 bits per heavy atom. The zero-order valence-electron chi connectivity index (χ0n) is 10.9. The van der Waals surface area contributed by atoms with E-state index < -0.39 is 35.7 Å². The highest BCUT2D eigenvalue weighted by Gasteiger charge is 2.61. The van der Waals surface area contributed by atoms with E-state index in [-0.39, 0.29) is 6.92 Å². The molecule has 8 heteroatoms. The number of carboxylic acid groups (broad SMARTS) is 1. The van der Waals surface area contributed by atoms with Crippen molar-refractivity contribution in [3.8, 4) is 0 Å². The number of carboxylic acids is 1. The van der Waals surface area contributed by atoms with E-state index in [1.165, 1.54) is 0 Å². The highest BCUT2D eigenvalue weighted by Crippen LogP contribution is 2.35. The summed E-state index contributed by atoms with van der Waals surface area (Å²) in [5.74, 6) is -4.35. The summed E-state index contributed by atoms with van der Waals surface area (Å²) in [5, 5.41) is 18.3. The molecule has 0 radical (unpaired) electrons. The average Bonchev–Trinajstić information content (AvgIpc) is 2.37. The molecule has 0 heterocycles. The van der Waals surface area contributed by atoms with E-state index in [0.29, 0.717) is 12.8 Å². The summed E-state index contributed by atoms with van der Waals surface area (Å²) < 4.78 is 42.1. The van der Waals surface area contributed by atoms with Crippen molar-refractivity contribution in [1.82, 2.24) is 0 Å². The number of aliphatic carboxylic acids is 1. The van der Waals surface area contributed by atoms with Crippen LogP contribution in [0.25, 0.3) is 0 Å². The van der Waals surface area contributed by atoms with Crippen LogP contribution in [0, 0.1) is 5.92 Å². The van der Waals surface area contributed by atoms with E-state index in [1.54, 1.807) is 0 Å². The van der Waals surface area contributed by atoms with Gasteiger partial charge < -0.3 is 14.9 Å². The van der Waals surface area contributed by atoms with Gasteiger partial charge in [0.25, 0.3) is 5.60 Å². The van der Waals surface area contributed by atoms with Gasteiger partial charge in [-0.2, -0.15) is 13.2 Å². The van der Waals surface area contributed by atoms with Crippen LogP contribution in [-0.4, -0.2) is 40.0 Å². The first-order valence-corrected chi connectivity index (χ1v) is 6.30. The Labute approximate surface area is 113 Å². The van der Waals surface area contributed by atoms with Crippen LogP contribution in [-0.2, 0) is 14.3 Å². The van der Waals surface area contributed by atoms with Gasteiger partial charge in [-0.25, -0.2) is 9.59 Å². The van der Waals surface area contributed by atoms with Crippen molar-refractivity contribution in [2.24, 2.45) is 5.92 Å². The van der Waals surface area contributed by atoms with Gasteiger partial charge in [-0.3, -0.25) is 0 Å². The average molecular weight is 298 g/mol. The smallest absolute Gasteiger partial charge is 0.439 e. The second-order valence-corrected chi connectivity index (χ2v) is 5.10. The van der Waals surface area contributed by atoms with Crippen LogP contribution in [0.3, 0.4) is 0 Å². The first-order chi connectivity index (χ1) is 9.09. The van der Waals surface area contributed by atoms with Crippen LogP contribution < -0.4 is 0 Å². The number of aliphatic hydroxyl groups excluding tert-OH is 1. The number of carbonyl (C=O) groups excluding carboxylic acids is 1. The van der Waals surface area contributed by atoms with Crippen LogP contribution >= 0.6 is 0 Å². The molecule has 0 saturated heterocycles. The number of carbonyl (C=O) groups is 2. The molecule has 20 heavy (non-hydrogen) atoms. The number of aliphatic hydroxyl groups is 1. The summed E-state index contributed by atoms with van der Waals surface area (Å²) in [6.45, 7) is 0.251. The summed E-state index contributed by atoms with van der Waals surface area (Å²) in [6, 6.07) is 0. The molecule has 0 bridgehead atoms. The van der Waals surface area contributed by atoms with E-state index in [1.807, 2.05) is 0 Å². The fraction of sp³-hybridized carbons (Fsp3) is 0.833. The lowest BCUT2D eigenvalue weighted by molar-refractivity contribution is -0.266. The molecular formula is C12H17F3O5. The number of ether oxygens (including phenoxy) is 1. The summed E-state index contributed by atoms with van der Waals surface area (Å²) in [4.78, 5) is 22.3. The molecule has 5 nitrogen and oxygen atoms in total. The Bertz CT molecular complexity index is 376. The van der Waals surface area contributed by atoms with Crippen molar-refractivity contribution >= 4 is 11.9 Å². The lowest BCUT2D eigenvalue weighted by Gasteiger charge is -2.31. The third-order valence-electron chi connectivity index (χ3n) is 3.59. The molecule has 1 fully saturated rings. The monoisotopic (exact) mass is 298 g/mol. The predicted molar refractivity (Wildman–Crippen MR) is 60.8 cm³/mol. The molecule has 2 unspecified atom stereocenters. The molecule has 0 aliphatic heterocycles. The normalized spacial score (nSPS) is 21.9. The van der Waals surface area contributed by atoms with Gasteiger partial charge in [0.2, 0.25) is 0 Å². The zero-order chi connectivity index (χ0) is 15.6. The Hall–Kier alpha value is -1.31. The van der Waals surface area contributed by atoms with E-state index in [9.17, 15) is 27.9 Å². The third-order valence-corrected chi connectivity index (χ3v) is 3.59. The van der Waals surface area contributed by atoms with Crippen LogP contribution in [0.15, 0.2) is 0 Å². The molecule has 0 aromatic rings. The van der Waals surface area contributed by atoms with Crippen molar-refractivity contribution in [2.45, 2.75) is 56.9 Å². The maximum Gasteiger partial charge on any atom is 0.439 e. The molecule has 1 saturated carbocycles. The molecule has 1 aliphatic carbocycles. The molecule has 0 amide bonds. The van der Waals surface area contributed by atoms with Crippen LogP contribution in [0.2, 0.25) is 0 Å². The van der Waals surface area contributed by atoms with E-state index in [0.717, 1.165) is 19.3 Å². The fourth-order valence-electron chi connectivity index (χ4n) is 2.13. The van der Waals surface area contributed by atoms with E-state index in [2.05, 4.69) is 4.74 Å². The third kappa shape index (κ3) is 3.41. The van der Waals surface area contributed by atoms with Crippen molar-refractivity contribution < 1.29 is 37.7 Å². The summed E-state index contributed by atoms with van der Waals surface area (Å²) >= 11 is 0. The van der Waals surface area contributed by atoms with Crippen LogP contribution in [0.1, 0.15) is 39.0 Å². The minimum absolute atomic E-state index is 0.251. The second kappa shape index (κ2) is 5.99. The van der Waals surface area contributed by atoms with Crippen LogP contribution in [0.4, 0.5) is 13.2 Å². The fourth-order valence-corrected chi connectivity index (χ4v) is 2.13. The summed E-state index contributed by atoms with van der Waals surface area (Å²) in [7, 11) is 0. The first-order valence-electron chi connectivity index (χ1n) is 6.30. The van der Waals surface area contributed by atoms with Gasteiger partial charge in [-0.05, 0) is 25.7 Å². The number of rotatable bonds is 4. The molecule has 1 aliphatic rings. The number of halogens is 3. The quantitative estimate of drug-likeness (QED) is 0.774. The number of esters is 1. The topological polar surface area (TPSA) is 83.8 Å². The molecule has 1 rings (SSSR count). The SMILES string of the molecule is CC(OC(=O)C(O)C1CCCCC1)(C(=O)O)C(F)(F)F. The highest BCUT2D eigenvalue weighted by atomic mass is 19.4. The molecule has 116 valence electrons. The maximum absolute atomic E-state index is 12.7. The molecule has 0 aromatic heterocycles. The molecule has 0 spiro atoms. The lowest BCUT2D eigenvalue weighted by Crippen LogP contribution is -2.54. The zero-order valence-corrected chi connectivity index (χ0v) is 10.9. The minimum Gasteiger partial charge on any atom is -0.478 e. The molecular weight excluding hydrogens is 281 g/mol. The van der Waals surface area contributed by atoms with Gasteiger partial charge in [0, 0.05) is 0 Å². The van der Waals surface area contributed by atoms with Crippen molar-refractivity contribution in [3.05, 3.63) is 0 Å². The predicted octanol–water partition coefficient (Wildman–Crippen LogP) is 1.88. The summed E-state index contributed by atoms with van der Waals surface area (Å²) in [5.41, 5.74) is -3.65. The van der Waals surface area contributed by atoms with E-state index >= 15 is 0 Å². The Morgan fingerprint density at radius 3 is 2.10 bits per heavy atom. The Kier molecular flexibility index (Phi) is 5.01. The van der Waals surface area contributed by atoms with E-state index in [4.69, 9.17) is 5.11 Å². The molecule has 2 N–H and O–H groups in total. The van der Waals surface area contributed by atoms with Crippen molar-refractivity contribution in [3.63, 3.8) is 0 Å². The van der Waals surface area contributed by atoms with Gasteiger partial charge in [0.15, 0.2) is 6.10 Å². The number of hydrogen-bond donors (Lipinski definition) is 2. The van der Waals surface area contributed by atoms with Gasteiger partial charge in [0.1, 0.15) is 0 Å². The second-order valence-electron chi connectivity index (χ2n) is 5.10. The summed E-state index contributed by atoms with van der Waals surface area (Å²) in [6.07, 6.45) is -3.50. The van der Waals surface area contributed by atoms with Gasteiger partial charge in [-0.15, -0.1) is 0 Å². The first kappa shape index (κ1) is 16.7. The largest absolute Gasteiger partial charge is 0.478 e. The highest BCUT2D eigenvalue weighted by molar-refractivity contribution is 5.84. The standard InChI is InChI=1S/C12H17F3O5/c1-11(10(18)19,12(13,14)15)20-9(17)8(16)7-5-3-2-4-6-7/h7-8,16H,2-6H2,1H3,(H,18,19). The number of hydrogen-bond acceptors (Lipinski definition) is 4.